The van der Waals surface area contributed by atoms with Crippen LogP contribution in [0.25, 0.3) is 0 Å². The Kier molecular flexibility index (Phi) is 3.42. The van der Waals surface area contributed by atoms with Gasteiger partial charge in [0.05, 0.1) is 6.04 Å². The molecule has 0 spiro atoms. The number of carboxylic acid groups (broad SMARTS) is 1. The van der Waals surface area contributed by atoms with E-state index >= 15 is 0 Å². The van der Waals surface area contributed by atoms with Gasteiger partial charge in [-0.1, -0.05) is 42.5 Å². The molecule has 20 heavy (non-hydrogen) atoms. The smallest absolute Gasteiger partial charge is 0.323 e. The van der Waals surface area contributed by atoms with Crippen molar-refractivity contribution < 1.29 is 9.90 Å². The number of nitrogens with zero attached hydrogens (tertiary/aromatic N) is 1. The highest BCUT2D eigenvalue weighted by Gasteiger charge is 2.28. The molecule has 1 N–H and O–H groups in total. The summed E-state index contributed by atoms with van der Waals surface area (Å²) >= 11 is 0. The molecule has 2 aromatic carbocycles. The molecular weight excluding hydrogens is 250 g/mol. The second-order valence-electron chi connectivity index (χ2n) is 5.11. The molecule has 0 radical (unpaired) electrons. The van der Waals surface area contributed by atoms with Crippen molar-refractivity contribution in [2.45, 2.75) is 18.9 Å². The van der Waals surface area contributed by atoms with Crippen LogP contribution in [-0.4, -0.2) is 17.6 Å². The normalized spacial score (nSPS) is 16.7. The van der Waals surface area contributed by atoms with Gasteiger partial charge in [0.2, 0.25) is 0 Å². The van der Waals surface area contributed by atoms with Crippen LogP contribution in [0.15, 0.2) is 54.6 Å². The Morgan fingerprint density at radius 3 is 2.55 bits per heavy atom. The van der Waals surface area contributed by atoms with E-state index in [1.54, 1.807) is 0 Å². The van der Waals surface area contributed by atoms with Crippen molar-refractivity contribution >= 4 is 11.7 Å². The van der Waals surface area contributed by atoms with Crippen LogP contribution in [-0.2, 0) is 11.2 Å². The average Bonchev–Trinajstić information content (AvgIpc) is 2.89. The quantitative estimate of drug-likeness (QED) is 0.924. The molecule has 0 saturated heterocycles. The van der Waals surface area contributed by atoms with Gasteiger partial charge in [0.15, 0.2) is 0 Å². The fraction of sp³-hybridized carbons (Fsp3) is 0.235. The SMILES string of the molecule is O=C(O)CN(c1ccccc1)C1CCc2ccccc21. The number of fused-ring (bicyclic) bond motifs is 1. The van der Waals surface area contributed by atoms with Gasteiger partial charge in [-0.3, -0.25) is 4.79 Å². The number of hydrogen-bond acceptors (Lipinski definition) is 2. The molecule has 3 heteroatoms. The molecule has 0 aromatic heterocycles. The summed E-state index contributed by atoms with van der Waals surface area (Å²) in [6.07, 6.45) is 1.99. The molecule has 0 heterocycles. The number of carbonyl (C=O) groups is 1. The maximum atomic E-state index is 11.2. The Morgan fingerprint density at radius 1 is 1.10 bits per heavy atom. The van der Waals surface area contributed by atoms with E-state index in [9.17, 15) is 9.90 Å². The number of hydrogen-bond donors (Lipinski definition) is 1. The fourth-order valence-electron chi connectivity index (χ4n) is 3.01. The number of para-hydroxylation sites is 1. The minimum Gasteiger partial charge on any atom is -0.480 e. The lowest BCUT2D eigenvalue weighted by Crippen LogP contribution is -2.32. The van der Waals surface area contributed by atoms with Crippen LogP contribution in [0.2, 0.25) is 0 Å². The second kappa shape index (κ2) is 5.37. The summed E-state index contributed by atoms with van der Waals surface area (Å²) in [7, 11) is 0. The van der Waals surface area contributed by atoms with Crippen LogP contribution in [0.4, 0.5) is 5.69 Å². The second-order valence-corrected chi connectivity index (χ2v) is 5.11. The van der Waals surface area contributed by atoms with Gasteiger partial charge in [-0.15, -0.1) is 0 Å². The van der Waals surface area contributed by atoms with Crippen molar-refractivity contribution in [2.24, 2.45) is 0 Å². The van der Waals surface area contributed by atoms with E-state index in [0.717, 1.165) is 18.5 Å². The van der Waals surface area contributed by atoms with E-state index in [4.69, 9.17) is 0 Å². The monoisotopic (exact) mass is 267 g/mol. The standard InChI is InChI=1S/C17H17NO2/c19-17(20)12-18(14-7-2-1-3-8-14)16-11-10-13-6-4-5-9-15(13)16/h1-9,16H,10-12H2,(H,19,20). The molecule has 2 aromatic rings. The molecule has 102 valence electrons. The number of aliphatic carboxylic acids is 1. The number of aryl methyl sites for hydroxylation is 1. The first kappa shape index (κ1) is 12.7. The molecule has 0 saturated carbocycles. The highest BCUT2D eigenvalue weighted by atomic mass is 16.4. The van der Waals surface area contributed by atoms with Crippen molar-refractivity contribution in [1.29, 1.82) is 0 Å². The van der Waals surface area contributed by atoms with Crippen molar-refractivity contribution in [3.63, 3.8) is 0 Å². The van der Waals surface area contributed by atoms with Crippen molar-refractivity contribution in [3.05, 3.63) is 65.7 Å². The minimum absolute atomic E-state index is 0.0308. The van der Waals surface area contributed by atoms with E-state index < -0.39 is 5.97 Å². The maximum absolute atomic E-state index is 11.2. The molecular formula is C17H17NO2. The lowest BCUT2D eigenvalue weighted by Gasteiger charge is -2.30. The molecule has 1 unspecified atom stereocenters. The Labute approximate surface area is 118 Å². The van der Waals surface area contributed by atoms with Gasteiger partial charge in [-0.25, -0.2) is 0 Å². The van der Waals surface area contributed by atoms with Crippen molar-refractivity contribution in [3.8, 4) is 0 Å². The third-order valence-corrected chi connectivity index (χ3v) is 3.87. The number of carboxylic acids is 1. The van der Waals surface area contributed by atoms with Crippen LogP contribution in [0, 0.1) is 0 Å². The Morgan fingerprint density at radius 2 is 1.80 bits per heavy atom. The zero-order valence-electron chi connectivity index (χ0n) is 11.2. The Balaban J connectivity index is 1.97. The zero-order chi connectivity index (χ0) is 13.9. The number of benzene rings is 2. The first-order valence-corrected chi connectivity index (χ1v) is 6.87. The predicted octanol–water partition coefficient (Wildman–Crippen LogP) is 3.27. The molecule has 3 nitrogen and oxygen atoms in total. The summed E-state index contributed by atoms with van der Waals surface area (Å²) in [5, 5.41) is 9.21. The van der Waals surface area contributed by atoms with E-state index in [1.165, 1.54) is 11.1 Å². The van der Waals surface area contributed by atoms with Crippen molar-refractivity contribution in [1.82, 2.24) is 0 Å². The topological polar surface area (TPSA) is 40.5 Å². The van der Waals surface area contributed by atoms with Crippen LogP contribution in [0.3, 0.4) is 0 Å². The molecule has 0 fully saturated rings. The van der Waals surface area contributed by atoms with E-state index in [1.807, 2.05) is 47.4 Å². The highest BCUT2D eigenvalue weighted by Crippen LogP contribution is 2.37. The first-order valence-electron chi connectivity index (χ1n) is 6.87. The van der Waals surface area contributed by atoms with Gasteiger partial charge < -0.3 is 10.0 Å². The van der Waals surface area contributed by atoms with Crippen molar-refractivity contribution in [2.75, 3.05) is 11.4 Å². The molecule has 3 rings (SSSR count). The molecule has 1 aliphatic rings. The summed E-state index contributed by atoms with van der Waals surface area (Å²) in [6.45, 7) is 0.0308. The fourth-order valence-corrected chi connectivity index (χ4v) is 3.01. The molecule has 1 atom stereocenters. The van der Waals surface area contributed by atoms with E-state index in [0.29, 0.717) is 0 Å². The summed E-state index contributed by atoms with van der Waals surface area (Å²) in [5.41, 5.74) is 3.57. The van der Waals surface area contributed by atoms with Crippen LogP contribution in [0.1, 0.15) is 23.6 Å². The van der Waals surface area contributed by atoms with Crippen LogP contribution >= 0.6 is 0 Å². The molecule has 0 amide bonds. The van der Waals surface area contributed by atoms with Gasteiger partial charge in [-0.05, 0) is 36.1 Å². The third kappa shape index (κ3) is 2.39. The summed E-state index contributed by atoms with van der Waals surface area (Å²) < 4.78 is 0. The minimum atomic E-state index is -0.793. The van der Waals surface area contributed by atoms with Gasteiger partial charge >= 0.3 is 5.97 Å². The molecule has 0 aliphatic heterocycles. The summed E-state index contributed by atoms with van der Waals surface area (Å²) in [4.78, 5) is 13.2. The van der Waals surface area contributed by atoms with Gasteiger partial charge in [0, 0.05) is 5.69 Å². The van der Waals surface area contributed by atoms with Gasteiger partial charge in [-0.2, -0.15) is 0 Å². The molecule has 0 bridgehead atoms. The van der Waals surface area contributed by atoms with E-state index in [2.05, 4.69) is 12.1 Å². The van der Waals surface area contributed by atoms with Gasteiger partial charge in [0.25, 0.3) is 0 Å². The average molecular weight is 267 g/mol. The Hall–Kier alpha value is -2.29. The lowest BCUT2D eigenvalue weighted by atomic mass is 10.1. The van der Waals surface area contributed by atoms with Crippen LogP contribution in [0.5, 0.6) is 0 Å². The van der Waals surface area contributed by atoms with E-state index in [-0.39, 0.29) is 12.6 Å². The summed E-state index contributed by atoms with van der Waals surface area (Å²) in [5.74, 6) is -0.793. The summed E-state index contributed by atoms with van der Waals surface area (Å²) in [6, 6.07) is 18.3. The zero-order valence-corrected chi connectivity index (χ0v) is 11.2. The number of rotatable bonds is 4. The first-order chi connectivity index (χ1) is 9.75. The largest absolute Gasteiger partial charge is 0.480 e. The van der Waals surface area contributed by atoms with Crippen LogP contribution < -0.4 is 4.90 Å². The molecule has 1 aliphatic carbocycles. The predicted molar refractivity (Wildman–Crippen MR) is 78.9 cm³/mol. The highest BCUT2D eigenvalue weighted by molar-refractivity contribution is 5.74. The lowest BCUT2D eigenvalue weighted by molar-refractivity contribution is -0.135. The Bertz CT molecular complexity index is 609. The third-order valence-electron chi connectivity index (χ3n) is 3.87. The maximum Gasteiger partial charge on any atom is 0.323 e. The number of anilines is 1. The van der Waals surface area contributed by atoms with Gasteiger partial charge in [0.1, 0.15) is 6.54 Å².